The van der Waals surface area contributed by atoms with Gasteiger partial charge in [0.2, 0.25) is 0 Å². The van der Waals surface area contributed by atoms with Gasteiger partial charge < -0.3 is 4.55 Å². The molecule has 0 aliphatic rings. The van der Waals surface area contributed by atoms with Crippen molar-refractivity contribution in [3.8, 4) is 0 Å². The minimum atomic E-state index is -4.30. The largest absolute Gasteiger partial charge is 1.00 e. The molecule has 1 aromatic rings. The number of benzene rings is 1. The smallest absolute Gasteiger partial charge is 0.744 e. The van der Waals surface area contributed by atoms with Crippen molar-refractivity contribution in [2.45, 2.75) is 18.7 Å². The van der Waals surface area contributed by atoms with Crippen LogP contribution in [-0.2, 0) is 10.1 Å². The fourth-order valence-electron chi connectivity index (χ4n) is 1.08. The molecule has 1 rings (SSSR count). The summed E-state index contributed by atoms with van der Waals surface area (Å²) in [5.41, 5.74) is 1.45. The van der Waals surface area contributed by atoms with Gasteiger partial charge in [-0.3, -0.25) is 0 Å². The quantitative estimate of drug-likeness (QED) is 0.567. The van der Waals surface area contributed by atoms with Crippen molar-refractivity contribution >= 4 is 10.1 Å². The third-order valence-electron chi connectivity index (χ3n) is 1.60. The molecule has 0 saturated heterocycles. The molecule has 13 heavy (non-hydrogen) atoms. The van der Waals surface area contributed by atoms with E-state index >= 15 is 0 Å². The van der Waals surface area contributed by atoms with Crippen molar-refractivity contribution in [1.29, 1.82) is 0 Å². The van der Waals surface area contributed by atoms with Crippen LogP contribution in [0.3, 0.4) is 0 Å². The Balaban J connectivity index is 0.00000144. The first-order valence-corrected chi connectivity index (χ1v) is 4.85. The summed E-state index contributed by atoms with van der Waals surface area (Å²) in [5, 5.41) is 0. The fraction of sp³-hybridized carbons (Fsp3) is 0.250. The average molecular weight is 271 g/mol. The van der Waals surface area contributed by atoms with Crippen molar-refractivity contribution in [2.24, 2.45) is 0 Å². The number of hydrogen-bond acceptors (Lipinski definition) is 3. The van der Waals surface area contributed by atoms with Gasteiger partial charge in [0.1, 0.15) is 10.1 Å². The SMILES string of the molecule is Cc1ccc(S(=O)(=O)[O-])c(C)c1.[Rb+]. The van der Waals surface area contributed by atoms with Crippen LogP contribution in [-0.4, -0.2) is 13.0 Å². The van der Waals surface area contributed by atoms with Crippen molar-refractivity contribution in [3.63, 3.8) is 0 Å². The Kier molecular flexibility index (Phi) is 5.51. The van der Waals surface area contributed by atoms with Crippen molar-refractivity contribution < 1.29 is 71.2 Å². The first kappa shape index (κ1) is 13.9. The molecule has 3 nitrogen and oxygen atoms in total. The van der Waals surface area contributed by atoms with Gasteiger partial charge in [-0.25, -0.2) is 8.42 Å². The zero-order chi connectivity index (χ0) is 9.35. The number of aryl methyl sites for hydroxylation is 2. The van der Waals surface area contributed by atoms with E-state index in [1.807, 2.05) is 6.92 Å². The zero-order valence-corrected chi connectivity index (χ0v) is 13.6. The molecular weight excluding hydrogens is 262 g/mol. The summed E-state index contributed by atoms with van der Waals surface area (Å²) in [5.74, 6) is 0. The molecule has 0 unspecified atom stereocenters. The van der Waals surface area contributed by atoms with Gasteiger partial charge in [-0.2, -0.15) is 0 Å². The Labute approximate surface area is 127 Å². The fourth-order valence-corrected chi connectivity index (χ4v) is 1.77. The molecule has 1 aromatic carbocycles. The maximum atomic E-state index is 10.6. The van der Waals surface area contributed by atoms with E-state index in [9.17, 15) is 13.0 Å². The second kappa shape index (κ2) is 5.14. The van der Waals surface area contributed by atoms with Crippen LogP contribution >= 0.6 is 0 Å². The Morgan fingerprint density at radius 1 is 1.23 bits per heavy atom. The van der Waals surface area contributed by atoms with E-state index in [0.717, 1.165) is 5.56 Å². The molecule has 0 aliphatic carbocycles. The van der Waals surface area contributed by atoms with Crippen LogP contribution < -0.4 is 58.2 Å². The van der Waals surface area contributed by atoms with E-state index in [1.54, 1.807) is 19.1 Å². The molecule has 0 atom stereocenters. The van der Waals surface area contributed by atoms with Crippen molar-refractivity contribution in [1.82, 2.24) is 0 Å². The molecule has 5 heteroatoms. The summed E-state index contributed by atoms with van der Waals surface area (Å²) in [6, 6.07) is 4.62. The van der Waals surface area contributed by atoms with Crippen molar-refractivity contribution in [3.05, 3.63) is 29.3 Å². The van der Waals surface area contributed by atoms with Gasteiger partial charge in [0.25, 0.3) is 0 Å². The Morgan fingerprint density at radius 2 is 1.77 bits per heavy atom. The molecule has 0 saturated carbocycles. The molecule has 66 valence electrons. The Morgan fingerprint density at radius 3 is 2.15 bits per heavy atom. The van der Waals surface area contributed by atoms with Gasteiger partial charge in [-0.1, -0.05) is 17.7 Å². The molecule has 0 fully saturated rings. The van der Waals surface area contributed by atoms with Gasteiger partial charge in [-0.05, 0) is 25.5 Å². The topological polar surface area (TPSA) is 57.2 Å². The molecule has 0 amide bonds. The molecule has 0 heterocycles. The minimum Gasteiger partial charge on any atom is -0.744 e. The third-order valence-corrected chi connectivity index (χ3v) is 2.60. The van der Waals surface area contributed by atoms with E-state index in [-0.39, 0.29) is 63.1 Å². The molecule has 0 bridgehead atoms. The van der Waals surface area contributed by atoms with Crippen LogP contribution in [0.15, 0.2) is 23.1 Å². The van der Waals surface area contributed by atoms with Crippen LogP contribution in [0.5, 0.6) is 0 Å². The Hall–Kier alpha value is 0.935. The van der Waals surface area contributed by atoms with Gasteiger partial charge >= 0.3 is 58.2 Å². The average Bonchev–Trinajstić information content (AvgIpc) is 1.83. The van der Waals surface area contributed by atoms with E-state index in [4.69, 9.17) is 0 Å². The summed E-state index contributed by atoms with van der Waals surface area (Å²) in [6.45, 7) is 3.45. The molecule has 0 radical (unpaired) electrons. The maximum absolute atomic E-state index is 10.6. The summed E-state index contributed by atoms with van der Waals surface area (Å²) < 4.78 is 31.8. The van der Waals surface area contributed by atoms with Crippen LogP contribution in [0.2, 0.25) is 0 Å². The second-order valence-corrected chi connectivity index (χ2v) is 4.07. The molecular formula is C8H9O3RbS. The molecule has 0 N–H and O–H groups in total. The first-order chi connectivity index (χ1) is 5.41. The Bertz CT molecular complexity index is 398. The summed E-state index contributed by atoms with van der Waals surface area (Å²) >= 11 is 0. The van der Waals surface area contributed by atoms with E-state index < -0.39 is 10.1 Å². The van der Waals surface area contributed by atoms with Gasteiger partial charge in [-0.15, -0.1) is 0 Å². The van der Waals surface area contributed by atoms with Crippen LogP contribution in [0.4, 0.5) is 0 Å². The van der Waals surface area contributed by atoms with E-state index in [1.165, 1.54) is 6.07 Å². The van der Waals surface area contributed by atoms with Crippen LogP contribution in [0.25, 0.3) is 0 Å². The monoisotopic (exact) mass is 270 g/mol. The van der Waals surface area contributed by atoms with Crippen LogP contribution in [0, 0.1) is 13.8 Å². The van der Waals surface area contributed by atoms with E-state index in [2.05, 4.69) is 0 Å². The summed E-state index contributed by atoms with van der Waals surface area (Å²) in [7, 11) is -4.30. The summed E-state index contributed by atoms with van der Waals surface area (Å²) in [6.07, 6.45) is 0. The second-order valence-electron chi connectivity index (χ2n) is 2.72. The van der Waals surface area contributed by atoms with E-state index in [0.29, 0.717) is 5.56 Å². The molecule has 0 spiro atoms. The normalized spacial score (nSPS) is 10.7. The minimum absolute atomic E-state index is 0. The van der Waals surface area contributed by atoms with Gasteiger partial charge in [0.15, 0.2) is 0 Å². The maximum Gasteiger partial charge on any atom is 1.00 e. The predicted octanol–water partition coefficient (Wildman–Crippen LogP) is -1.79. The predicted molar refractivity (Wildman–Crippen MR) is 43.9 cm³/mol. The summed E-state index contributed by atoms with van der Waals surface area (Å²) in [4.78, 5) is -0.131. The van der Waals surface area contributed by atoms with Crippen LogP contribution in [0.1, 0.15) is 11.1 Å². The molecule has 0 aliphatic heterocycles. The third kappa shape index (κ3) is 3.89. The standard InChI is InChI=1S/C8H10O3S.Rb/c1-6-3-4-8(7(2)5-6)12(9,10)11;/h3-5H,1-2H3,(H,9,10,11);/q;+1/p-1. The number of rotatable bonds is 1. The zero-order valence-electron chi connectivity index (χ0n) is 7.87. The van der Waals surface area contributed by atoms with Crippen molar-refractivity contribution in [2.75, 3.05) is 0 Å². The molecule has 0 aromatic heterocycles. The van der Waals surface area contributed by atoms with Gasteiger partial charge in [0.05, 0.1) is 4.90 Å². The first-order valence-electron chi connectivity index (χ1n) is 3.44. The number of hydrogen-bond donors (Lipinski definition) is 0. The van der Waals surface area contributed by atoms with Gasteiger partial charge in [0, 0.05) is 0 Å².